The first-order valence-corrected chi connectivity index (χ1v) is 5.84. The molecule has 1 N–H and O–H groups in total. The van der Waals surface area contributed by atoms with E-state index in [1.165, 1.54) is 6.07 Å². The maximum atomic E-state index is 13.3. The molecular formula is C12H15BrFNO. The van der Waals surface area contributed by atoms with E-state index in [1.54, 1.807) is 12.1 Å². The van der Waals surface area contributed by atoms with Crippen molar-refractivity contribution in [1.82, 2.24) is 5.32 Å². The van der Waals surface area contributed by atoms with E-state index >= 15 is 0 Å². The SMILES string of the molecule is CNCC=CCOCc1cc(Br)ccc1F. The smallest absolute Gasteiger partial charge is 0.128 e. The van der Waals surface area contributed by atoms with Gasteiger partial charge >= 0.3 is 0 Å². The van der Waals surface area contributed by atoms with Crippen molar-refractivity contribution in [2.75, 3.05) is 20.2 Å². The first-order chi connectivity index (χ1) is 7.74. The van der Waals surface area contributed by atoms with Gasteiger partial charge in [-0.15, -0.1) is 0 Å². The van der Waals surface area contributed by atoms with Crippen LogP contribution in [0.2, 0.25) is 0 Å². The van der Waals surface area contributed by atoms with E-state index in [4.69, 9.17) is 4.74 Å². The van der Waals surface area contributed by atoms with Gasteiger partial charge in [-0.3, -0.25) is 0 Å². The fraction of sp³-hybridized carbons (Fsp3) is 0.333. The quantitative estimate of drug-likeness (QED) is 0.642. The minimum atomic E-state index is -0.234. The van der Waals surface area contributed by atoms with Crippen LogP contribution in [0, 0.1) is 5.82 Å². The lowest BCUT2D eigenvalue weighted by Crippen LogP contribution is -2.04. The highest BCUT2D eigenvalue weighted by molar-refractivity contribution is 9.10. The summed E-state index contributed by atoms with van der Waals surface area (Å²) in [4.78, 5) is 0. The molecule has 0 heterocycles. The fourth-order valence-corrected chi connectivity index (χ4v) is 1.57. The van der Waals surface area contributed by atoms with E-state index in [2.05, 4.69) is 21.2 Å². The van der Waals surface area contributed by atoms with E-state index < -0.39 is 0 Å². The molecule has 0 radical (unpaired) electrons. The lowest BCUT2D eigenvalue weighted by Gasteiger charge is -2.03. The molecule has 4 heteroatoms. The first-order valence-electron chi connectivity index (χ1n) is 5.05. The zero-order valence-corrected chi connectivity index (χ0v) is 10.8. The Morgan fingerprint density at radius 1 is 1.44 bits per heavy atom. The molecule has 0 saturated heterocycles. The molecular weight excluding hydrogens is 273 g/mol. The maximum Gasteiger partial charge on any atom is 0.128 e. The molecule has 1 aromatic rings. The summed E-state index contributed by atoms with van der Waals surface area (Å²) in [7, 11) is 1.88. The average molecular weight is 288 g/mol. The lowest BCUT2D eigenvalue weighted by molar-refractivity contribution is 0.145. The molecule has 0 fully saturated rings. The zero-order valence-electron chi connectivity index (χ0n) is 9.17. The molecule has 1 aromatic carbocycles. The molecule has 2 nitrogen and oxygen atoms in total. The van der Waals surface area contributed by atoms with E-state index in [9.17, 15) is 4.39 Å². The number of nitrogens with one attached hydrogen (secondary N) is 1. The van der Waals surface area contributed by atoms with E-state index in [-0.39, 0.29) is 12.4 Å². The third-order valence-electron chi connectivity index (χ3n) is 1.97. The molecule has 0 bridgehead atoms. The number of hydrogen-bond donors (Lipinski definition) is 1. The Morgan fingerprint density at radius 3 is 3.00 bits per heavy atom. The van der Waals surface area contributed by atoms with Gasteiger partial charge in [0.25, 0.3) is 0 Å². The van der Waals surface area contributed by atoms with Crippen LogP contribution in [0.15, 0.2) is 34.8 Å². The third-order valence-corrected chi connectivity index (χ3v) is 2.46. The zero-order chi connectivity index (χ0) is 11.8. The maximum absolute atomic E-state index is 13.3. The van der Waals surface area contributed by atoms with Crippen LogP contribution >= 0.6 is 15.9 Å². The summed E-state index contributed by atoms with van der Waals surface area (Å²) < 4.78 is 19.5. The van der Waals surface area contributed by atoms with Crippen LogP contribution in [0.4, 0.5) is 4.39 Å². The van der Waals surface area contributed by atoms with E-state index in [1.807, 2.05) is 19.2 Å². The summed E-state index contributed by atoms with van der Waals surface area (Å²) in [6.45, 7) is 1.59. The van der Waals surface area contributed by atoms with Crippen LogP contribution in [-0.2, 0) is 11.3 Å². The van der Waals surface area contributed by atoms with Gasteiger partial charge in [0.1, 0.15) is 5.82 Å². The van der Waals surface area contributed by atoms with Crippen molar-refractivity contribution in [3.05, 3.63) is 46.2 Å². The van der Waals surface area contributed by atoms with Gasteiger partial charge < -0.3 is 10.1 Å². The van der Waals surface area contributed by atoms with Crippen molar-refractivity contribution in [2.24, 2.45) is 0 Å². The monoisotopic (exact) mass is 287 g/mol. The van der Waals surface area contributed by atoms with Crippen molar-refractivity contribution in [3.63, 3.8) is 0 Å². The first kappa shape index (κ1) is 13.4. The van der Waals surface area contributed by atoms with Crippen LogP contribution in [0.3, 0.4) is 0 Å². The van der Waals surface area contributed by atoms with Crippen molar-refractivity contribution in [3.8, 4) is 0 Å². The fourth-order valence-electron chi connectivity index (χ4n) is 1.16. The standard InChI is InChI=1S/C12H15BrFNO/c1-15-6-2-3-7-16-9-10-8-11(13)4-5-12(10)14/h2-5,8,15H,6-7,9H2,1H3. The van der Waals surface area contributed by atoms with Crippen molar-refractivity contribution >= 4 is 15.9 Å². The number of ether oxygens (including phenoxy) is 1. The summed E-state index contributed by atoms with van der Waals surface area (Å²) in [6, 6.07) is 4.83. The van der Waals surface area contributed by atoms with Gasteiger partial charge in [-0.2, -0.15) is 0 Å². The lowest BCUT2D eigenvalue weighted by atomic mass is 10.2. The topological polar surface area (TPSA) is 21.3 Å². The van der Waals surface area contributed by atoms with Crippen molar-refractivity contribution in [1.29, 1.82) is 0 Å². The molecule has 88 valence electrons. The van der Waals surface area contributed by atoms with Crippen molar-refractivity contribution < 1.29 is 9.13 Å². The van der Waals surface area contributed by atoms with Gasteiger partial charge in [0.05, 0.1) is 13.2 Å². The van der Waals surface area contributed by atoms with E-state index in [0.717, 1.165) is 11.0 Å². The highest BCUT2D eigenvalue weighted by Crippen LogP contribution is 2.16. The van der Waals surface area contributed by atoms with Gasteiger partial charge in [-0.05, 0) is 25.2 Å². The number of rotatable bonds is 6. The number of hydrogen-bond acceptors (Lipinski definition) is 2. The van der Waals surface area contributed by atoms with Crippen LogP contribution in [0.1, 0.15) is 5.56 Å². The highest BCUT2D eigenvalue weighted by Gasteiger charge is 2.01. The molecule has 0 aliphatic rings. The van der Waals surface area contributed by atoms with Crippen molar-refractivity contribution in [2.45, 2.75) is 6.61 Å². The third kappa shape index (κ3) is 4.88. The minimum Gasteiger partial charge on any atom is -0.373 e. The number of benzene rings is 1. The molecule has 16 heavy (non-hydrogen) atoms. The second-order valence-electron chi connectivity index (χ2n) is 3.28. The minimum absolute atomic E-state index is 0.234. The summed E-state index contributed by atoms with van der Waals surface area (Å²) in [5.41, 5.74) is 0.566. The van der Waals surface area contributed by atoms with E-state index in [0.29, 0.717) is 12.2 Å². The normalized spacial score (nSPS) is 11.2. The van der Waals surface area contributed by atoms with Gasteiger partial charge in [-0.1, -0.05) is 28.1 Å². The molecule has 0 aromatic heterocycles. The second-order valence-corrected chi connectivity index (χ2v) is 4.20. The number of likely N-dealkylation sites (N-methyl/N-ethyl adjacent to an activating group) is 1. The Hall–Kier alpha value is -0.710. The Labute approximate surface area is 104 Å². The predicted octanol–water partition coefficient (Wildman–Crippen LogP) is 2.88. The Kier molecular flexibility index (Phi) is 6.30. The predicted molar refractivity (Wildman–Crippen MR) is 66.8 cm³/mol. The summed E-state index contributed by atoms with van der Waals surface area (Å²) in [5, 5.41) is 2.98. The Bertz CT molecular complexity index is 355. The highest BCUT2D eigenvalue weighted by atomic mass is 79.9. The Balaban J connectivity index is 2.34. The molecule has 0 spiro atoms. The van der Waals surface area contributed by atoms with Gasteiger partial charge in [0.15, 0.2) is 0 Å². The summed E-state index contributed by atoms with van der Waals surface area (Å²) in [5.74, 6) is -0.234. The van der Waals surface area contributed by atoms with Crippen LogP contribution in [0.25, 0.3) is 0 Å². The molecule has 1 rings (SSSR count). The molecule has 0 aliphatic carbocycles. The molecule has 0 atom stereocenters. The van der Waals surface area contributed by atoms with Crippen LogP contribution in [-0.4, -0.2) is 20.2 Å². The van der Waals surface area contributed by atoms with Gasteiger partial charge in [-0.25, -0.2) is 4.39 Å². The Morgan fingerprint density at radius 2 is 2.25 bits per heavy atom. The number of halogens is 2. The average Bonchev–Trinajstić information content (AvgIpc) is 2.28. The molecule has 0 aliphatic heterocycles. The second kappa shape index (κ2) is 7.54. The van der Waals surface area contributed by atoms with Gasteiger partial charge in [0.2, 0.25) is 0 Å². The van der Waals surface area contributed by atoms with Crippen LogP contribution in [0.5, 0.6) is 0 Å². The largest absolute Gasteiger partial charge is 0.373 e. The summed E-state index contributed by atoms with van der Waals surface area (Å²) >= 11 is 3.30. The summed E-state index contributed by atoms with van der Waals surface area (Å²) in [6.07, 6.45) is 3.88. The van der Waals surface area contributed by atoms with Gasteiger partial charge in [0, 0.05) is 16.6 Å². The molecule has 0 saturated carbocycles. The molecule has 0 unspecified atom stereocenters. The molecule has 0 amide bonds. The van der Waals surface area contributed by atoms with Crippen LogP contribution < -0.4 is 5.32 Å².